The van der Waals surface area contributed by atoms with Crippen LogP contribution in [-0.2, 0) is 0 Å². The quantitative estimate of drug-likeness (QED) is 0.814. The molecule has 0 saturated heterocycles. The van der Waals surface area contributed by atoms with E-state index >= 15 is 0 Å². The number of carbonyl (C=O) groups excluding carboxylic acids is 1. The number of nitrogens with one attached hydrogen (secondary N) is 1. The number of thiocarbonyl (C=S) groups is 1. The van der Waals surface area contributed by atoms with Crippen LogP contribution in [0.5, 0.6) is 0 Å². The average Bonchev–Trinajstić information content (AvgIpc) is 2.45. The zero-order valence-electron chi connectivity index (χ0n) is 11.1. The molecule has 1 aromatic rings. The van der Waals surface area contributed by atoms with Crippen molar-refractivity contribution in [2.75, 3.05) is 0 Å². The van der Waals surface area contributed by atoms with Crippen molar-refractivity contribution < 1.29 is 4.79 Å². The van der Waals surface area contributed by atoms with E-state index in [1.807, 2.05) is 0 Å². The largest absolute Gasteiger partial charge is 0.392 e. The maximum atomic E-state index is 12.3. The molecule has 6 heteroatoms. The molecule has 108 valence electrons. The number of pyridine rings is 1. The lowest BCUT2D eigenvalue weighted by Gasteiger charge is -2.30. The Morgan fingerprint density at radius 1 is 1.45 bits per heavy atom. The highest BCUT2D eigenvalue weighted by atomic mass is 79.9. The molecule has 4 nitrogen and oxygen atoms in total. The number of carbonyl (C=O) groups is 1. The number of nitrogens with zero attached hydrogens (tertiary/aromatic N) is 1. The Bertz CT molecular complexity index is 503. The Hall–Kier alpha value is -1.01. The van der Waals surface area contributed by atoms with Crippen molar-refractivity contribution in [1.29, 1.82) is 0 Å². The average molecular weight is 356 g/mol. The number of halogens is 1. The Morgan fingerprint density at radius 3 is 2.75 bits per heavy atom. The van der Waals surface area contributed by atoms with Gasteiger partial charge in [-0.3, -0.25) is 4.79 Å². The van der Waals surface area contributed by atoms with Gasteiger partial charge in [0.05, 0.1) is 11.0 Å². The fourth-order valence-corrected chi connectivity index (χ4v) is 3.34. The minimum Gasteiger partial charge on any atom is -0.392 e. The zero-order chi connectivity index (χ0) is 14.5. The molecule has 1 aliphatic rings. The predicted octanol–water partition coefficient (Wildman–Crippen LogP) is 2.81. The Labute approximate surface area is 132 Å². The van der Waals surface area contributed by atoms with Crippen LogP contribution in [0.1, 0.15) is 42.6 Å². The van der Waals surface area contributed by atoms with Crippen LogP contribution in [-0.4, -0.2) is 21.9 Å². The smallest absolute Gasteiger partial charge is 0.271 e. The number of amides is 1. The number of hydrogen-bond donors (Lipinski definition) is 2. The molecule has 1 amide bonds. The van der Waals surface area contributed by atoms with Gasteiger partial charge in [0.15, 0.2) is 0 Å². The Kier molecular flexibility index (Phi) is 5.48. The third-order valence-corrected chi connectivity index (χ3v) is 4.58. The summed E-state index contributed by atoms with van der Waals surface area (Å²) in [6, 6.07) is 3.32. The first kappa shape index (κ1) is 15.4. The highest BCUT2D eigenvalue weighted by Gasteiger charge is 2.28. The number of nitrogens with two attached hydrogens (primary N) is 1. The van der Waals surface area contributed by atoms with Gasteiger partial charge in [-0.05, 0) is 46.8 Å². The maximum Gasteiger partial charge on any atom is 0.271 e. The molecule has 2 rings (SSSR count). The van der Waals surface area contributed by atoms with E-state index in [0.29, 0.717) is 21.1 Å². The normalized spacial score (nSPS) is 17.4. The first-order valence-electron chi connectivity index (χ1n) is 6.80. The SMILES string of the molecule is NC(=S)C(NC(=O)c1ncccc1Br)C1CCCCC1. The molecule has 1 atom stereocenters. The maximum absolute atomic E-state index is 12.3. The van der Waals surface area contributed by atoms with E-state index in [1.165, 1.54) is 19.3 Å². The van der Waals surface area contributed by atoms with Gasteiger partial charge < -0.3 is 11.1 Å². The third kappa shape index (κ3) is 3.76. The van der Waals surface area contributed by atoms with Gasteiger partial charge in [0, 0.05) is 10.7 Å². The topological polar surface area (TPSA) is 68.0 Å². The minimum absolute atomic E-state index is 0.235. The summed E-state index contributed by atoms with van der Waals surface area (Å²) >= 11 is 8.46. The van der Waals surface area contributed by atoms with Crippen LogP contribution in [0.25, 0.3) is 0 Å². The van der Waals surface area contributed by atoms with E-state index in [1.54, 1.807) is 18.3 Å². The first-order valence-corrected chi connectivity index (χ1v) is 8.00. The lowest BCUT2D eigenvalue weighted by atomic mass is 9.84. The highest BCUT2D eigenvalue weighted by Crippen LogP contribution is 2.27. The molecule has 1 aromatic heterocycles. The highest BCUT2D eigenvalue weighted by molar-refractivity contribution is 9.10. The molecule has 0 radical (unpaired) electrons. The Morgan fingerprint density at radius 2 is 2.15 bits per heavy atom. The summed E-state index contributed by atoms with van der Waals surface area (Å²) in [5.41, 5.74) is 6.18. The van der Waals surface area contributed by atoms with Crippen molar-refractivity contribution in [1.82, 2.24) is 10.3 Å². The van der Waals surface area contributed by atoms with Gasteiger partial charge >= 0.3 is 0 Å². The van der Waals surface area contributed by atoms with E-state index < -0.39 is 0 Å². The van der Waals surface area contributed by atoms with Crippen LogP contribution in [0.15, 0.2) is 22.8 Å². The van der Waals surface area contributed by atoms with Gasteiger partial charge in [-0.25, -0.2) is 4.98 Å². The van der Waals surface area contributed by atoms with Gasteiger partial charge in [-0.2, -0.15) is 0 Å². The van der Waals surface area contributed by atoms with E-state index in [2.05, 4.69) is 26.2 Å². The fourth-order valence-electron chi connectivity index (χ4n) is 2.65. The molecule has 1 heterocycles. The summed E-state index contributed by atoms with van der Waals surface area (Å²) in [6.07, 6.45) is 7.31. The molecule has 1 fully saturated rings. The molecule has 20 heavy (non-hydrogen) atoms. The standard InChI is InChI=1S/C14H18BrN3OS/c15-10-7-4-8-17-12(10)14(19)18-11(13(16)20)9-5-2-1-3-6-9/h4,7-9,11H,1-3,5-6H2,(H2,16,20)(H,18,19). The molecular formula is C14H18BrN3OS. The van der Waals surface area contributed by atoms with E-state index in [0.717, 1.165) is 12.8 Å². The molecule has 0 bridgehead atoms. The molecular weight excluding hydrogens is 338 g/mol. The number of rotatable bonds is 4. The van der Waals surface area contributed by atoms with E-state index in [4.69, 9.17) is 18.0 Å². The van der Waals surface area contributed by atoms with Gasteiger partial charge in [-0.15, -0.1) is 0 Å². The summed E-state index contributed by atoms with van der Waals surface area (Å²) in [5, 5.41) is 2.95. The Balaban J connectivity index is 2.10. The van der Waals surface area contributed by atoms with Gasteiger partial charge in [0.25, 0.3) is 5.91 Å². The van der Waals surface area contributed by atoms with Crippen molar-refractivity contribution in [3.05, 3.63) is 28.5 Å². The van der Waals surface area contributed by atoms with Crippen LogP contribution in [0.3, 0.4) is 0 Å². The van der Waals surface area contributed by atoms with Crippen molar-refractivity contribution in [2.24, 2.45) is 11.7 Å². The molecule has 0 aromatic carbocycles. The summed E-state index contributed by atoms with van der Waals surface area (Å²) in [6.45, 7) is 0. The van der Waals surface area contributed by atoms with Crippen molar-refractivity contribution >= 4 is 39.0 Å². The second-order valence-electron chi connectivity index (χ2n) is 5.09. The van der Waals surface area contributed by atoms with Crippen LogP contribution in [0.2, 0.25) is 0 Å². The second-order valence-corrected chi connectivity index (χ2v) is 6.41. The van der Waals surface area contributed by atoms with E-state index in [9.17, 15) is 4.79 Å². The lowest BCUT2D eigenvalue weighted by Crippen LogP contribution is -2.49. The molecule has 0 spiro atoms. The molecule has 1 aliphatic carbocycles. The molecule has 3 N–H and O–H groups in total. The minimum atomic E-state index is -0.244. The summed E-state index contributed by atoms with van der Waals surface area (Å²) in [4.78, 5) is 16.8. The van der Waals surface area contributed by atoms with Crippen LogP contribution in [0, 0.1) is 5.92 Å². The number of aromatic nitrogens is 1. The zero-order valence-corrected chi connectivity index (χ0v) is 13.5. The van der Waals surface area contributed by atoms with Crippen molar-refractivity contribution in [3.63, 3.8) is 0 Å². The first-order chi connectivity index (χ1) is 9.59. The molecule has 0 aliphatic heterocycles. The molecule has 1 unspecified atom stereocenters. The van der Waals surface area contributed by atoms with E-state index in [-0.39, 0.29) is 11.9 Å². The predicted molar refractivity (Wildman–Crippen MR) is 86.6 cm³/mol. The fraction of sp³-hybridized carbons (Fsp3) is 0.500. The van der Waals surface area contributed by atoms with Crippen molar-refractivity contribution in [2.45, 2.75) is 38.1 Å². The summed E-state index contributed by atoms with van der Waals surface area (Å²) < 4.78 is 0.669. The van der Waals surface area contributed by atoms with Crippen LogP contribution < -0.4 is 11.1 Å². The van der Waals surface area contributed by atoms with Gasteiger partial charge in [-0.1, -0.05) is 31.5 Å². The summed E-state index contributed by atoms with van der Waals surface area (Å²) in [5.74, 6) is 0.105. The monoisotopic (exact) mass is 355 g/mol. The second kappa shape index (κ2) is 7.13. The van der Waals surface area contributed by atoms with Crippen molar-refractivity contribution in [3.8, 4) is 0 Å². The lowest BCUT2D eigenvalue weighted by molar-refractivity contribution is 0.0926. The van der Waals surface area contributed by atoms with Crippen LogP contribution in [0.4, 0.5) is 0 Å². The van der Waals surface area contributed by atoms with Gasteiger partial charge in [0.1, 0.15) is 5.69 Å². The third-order valence-electron chi connectivity index (χ3n) is 3.69. The van der Waals surface area contributed by atoms with Crippen LogP contribution >= 0.6 is 28.1 Å². The molecule has 1 saturated carbocycles. The van der Waals surface area contributed by atoms with Gasteiger partial charge in [0.2, 0.25) is 0 Å². The number of hydrogen-bond acceptors (Lipinski definition) is 3. The summed E-state index contributed by atoms with van der Waals surface area (Å²) in [7, 11) is 0.